The van der Waals surface area contributed by atoms with E-state index in [0.29, 0.717) is 17.0 Å². The molecular weight excluding hydrogens is 256 g/mol. The Labute approximate surface area is 109 Å². The second-order valence-corrected chi connectivity index (χ2v) is 5.78. The van der Waals surface area contributed by atoms with E-state index < -0.39 is 0 Å². The molecule has 0 aliphatic carbocycles. The van der Waals surface area contributed by atoms with Gasteiger partial charge in [0.05, 0.1) is 5.02 Å². The monoisotopic (exact) mass is 268 g/mol. The summed E-state index contributed by atoms with van der Waals surface area (Å²) < 4.78 is 1.71. The van der Waals surface area contributed by atoms with Crippen LogP contribution in [0.3, 0.4) is 0 Å². The molecule has 0 bridgehead atoms. The van der Waals surface area contributed by atoms with Gasteiger partial charge in [-0.05, 0) is 36.5 Å². The number of nitrogens with one attached hydrogen (secondary N) is 1. The zero-order chi connectivity index (χ0) is 11.7. The SMILES string of the molecule is Clc1ccc2nc(NC3CCSCC3)nn2c1. The second-order valence-electron chi connectivity index (χ2n) is 4.12. The van der Waals surface area contributed by atoms with E-state index in [1.165, 1.54) is 24.3 Å². The Kier molecular flexibility index (Phi) is 3.11. The van der Waals surface area contributed by atoms with Crippen LogP contribution in [0.2, 0.25) is 5.02 Å². The summed E-state index contributed by atoms with van der Waals surface area (Å²) >= 11 is 7.92. The number of hydrogen-bond donors (Lipinski definition) is 1. The summed E-state index contributed by atoms with van der Waals surface area (Å²) in [5.74, 6) is 3.14. The van der Waals surface area contributed by atoms with Crippen LogP contribution in [-0.4, -0.2) is 32.1 Å². The molecule has 1 aliphatic rings. The average Bonchev–Trinajstić information content (AvgIpc) is 2.71. The topological polar surface area (TPSA) is 42.2 Å². The predicted molar refractivity (Wildman–Crippen MR) is 72.0 cm³/mol. The van der Waals surface area contributed by atoms with Gasteiger partial charge in [-0.25, -0.2) is 4.52 Å². The number of fused-ring (bicyclic) bond motifs is 1. The minimum atomic E-state index is 0.504. The lowest BCUT2D eigenvalue weighted by Crippen LogP contribution is -2.25. The van der Waals surface area contributed by atoms with Gasteiger partial charge < -0.3 is 5.32 Å². The Morgan fingerprint density at radius 3 is 3.00 bits per heavy atom. The number of nitrogens with zero attached hydrogens (tertiary/aromatic N) is 3. The summed E-state index contributed by atoms with van der Waals surface area (Å²) in [5, 5.41) is 8.43. The number of halogens is 1. The number of rotatable bonds is 2. The molecule has 0 spiro atoms. The third-order valence-corrected chi connectivity index (χ3v) is 4.12. The maximum absolute atomic E-state index is 5.91. The van der Waals surface area contributed by atoms with Gasteiger partial charge in [0.2, 0.25) is 5.95 Å². The van der Waals surface area contributed by atoms with Crippen molar-refractivity contribution in [1.82, 2.24) is 14.6 Å². The average molecular weight is 269 g/mol. The van der Waals surface area contributed by atoms with Crippen molar-refractivity contribution in [2.45, 2.75) is 18.9 Å². The zero-order valence-electron chi connectivity index (χ0n) is 9.27. The summed E-state index contributed by atoms with van der Waals surface area (Å²) in [6, 6.07) is 4.20. The Morgan fingerprint density at radius 1 is 1.35 bits per heavy atom. The van der Waals surface area contributed by atoms with Gasteiger partial charge in [0.1, 0.15) is 0 Å². The number of hydrogen-bond acceptors (Lipinski definition) is 4. The molecule has 1 fully saturated rings. The van der Waals surface area contributed by atoms with Crippen molar-refractivity contribution in [2.75, 3.05) is 16.8 Å². The van der Waals surface area contributed by atoms with E-state index in [0.717, 1.165) is 5.65 Å². The van der Waals surface area contributed by atoms with Crippen molar-refractivity contribution in [1.29, 1.82) is 0 Å². The molecular formula is C11H13ClN4S. The lowest BCUT2D eigenvalue weighted by atomic mass is 10.2. The lowest BCUT2D eigenvalue weighted by molar-refractivity contribution is 0.659. The van der Waals surface area contributed by atoms with Gasteiger partial charge in [-0.2, -0.15) is 16.7 Å². The van der Waals surface area contributed by atoms with Crippen molar-refractivity contribution in [2.24, 2.45) is 0 Å². The molecule has 0 saturated carbocycles. The minimum Gasteiger partial charge on any atom is -0.350 e. The molecule has 2 aromatic rings. The smallest absolute Gasteiger partial charge is 0.243 e. The van der Waals surface area contributed by atoms with Crippen molar-refractivity contribution in [3.8, 4) is 0 Å². The Morgan fingerprint density at radius 2 is 2.18 bits per heavy atom. The van der Waals surface area contributed by atoms with Crippen LogP contribution in [0.25, 0.3) is 5.65 Å². The van der Waals surface area contributed by atoms with Crippen LogP contribution < -0.4 is 5.32 Å². The fourth-order valence-electron chi connectivity index (χ4n) is 1.94. The van der Waals surface area contributed by atoms with Crippen LogP contribution in [0.1, 0.15) is 12.8 Å². The fraction of sp³-hybridized carbons (Fsp3) is 0.455. The van der Waals surface area contributed by atoms with Gasteiger partial charge in [0, 0.05) is 12.2 Å². The molecule has 0 amide bonds. The van der Waals surface area contributed by atoms with Crippen molar-refractivity contribution in [3.05, 3.63) is 23.4 Å². The van der Waals surface area contributed by atoms with Crippen LogP contribution in [0.5, 0.6) is 0 Å². The molecule has 90 valence electrons. The predicted octanol–water partition coefficient (Wildman–Crippen LogP) is 2.69. The number of anilines is 1. The third-order valence-electron chi connectivity index (χ3n) is 2.85. The molecule has 17 heavy (non-hydrogen) atoms. The van der Waals surface area contributed by atoms with Crippen molar-refractivity contribution < 1.29 is 0 Å². The Balaban J connectivity index is 1.80. The van der Waals surface area contributed by atoms with Crippen molar-refractivity contribution in [3.63, 3.8) is 0 Å². The summed E-state index contributed by atoms with van der Waals surface area (Å²) in [6.45, 7) is 0. The van der Waals surface area contributed by atoms with Crippen LogP contribution in [0, 0.1) is 0 Å². The van der Waals surface area contributed by atoms with Crippen LogP contribution in [0.4, 0.5) is 5.95 Å². The van der Waals surface area contributed by atoms with E-state index in [1.807, 2.05) is 23.9 Å². The minimum absolute atomic E-state index is 0.504. The van der Waals surface area contributed by atoms with Gasteiger partial charge >= 0.3 is 0 Å². The van der Waals surface area contributed by atoms with Crippen LogP contribution in [0.15, 0.2) is 18.3 Å². The molecule has 2 aromatic heterocycles. The highest BCUT2D eigenvalue weighted by molar-refractivity contribution is 7.99. The standard InChI is InChI=1S/C11H13ClN4S/c12-8-1-2-10-14-11(15-16(10)7-8)13-9-3-5-17-6-4-9/h1-2,7,9H,3-6H2,(H,13,15). The first-order valence-corrected chi connectivity index (χ1v) is 7.21. The van der Waals surface area contributed by atoms with E-state index in [1.54, 1.807) is 10.7 Å². The van der Waals surface area contributed by atoms with Gasteiger partial charge in [-0.1, -0.05) is 11.6 Å². The highest BCUT2D eigenvalue weighted by Gasteiger charge is 2.15. The van der Waals surface area contributed by atoms with Crippen LogP contribution in [-0.2, 0) is 0 Å². The molecule has 1 saturated heterocycles. The highest BCUT2D eigenvalue weighted by atomic mass is 35.5. The number of aromatic nitrogens is 3. The molecule has 4 nitrogen and oxygen atoms in total. The summed E-state index contributed by atoms with van der Waals surface area (Å²) in [7, 11) is 0. The van der Waals surface area contributed by atoms with E-state index in [4.69, 9.17) is 11.6 Å². The first-order chi connectivity index (χ1) is 8.31. The Hall–Kier alpha value is -0.940. The summed E-state index contributed by atoms with van der Waals surface area (Å²) in [4.78, 5) is 4.42. The maximum atomic E-state index is 5.91. The maximum Gasteiger partial charge on any atom is 0.243 e. The van der Waals surface area contributed by atoms with Gasteiger partial charge in [-0.3, -0.25) is 0 Å². The molecule has 0 unspecified atom stereocenters. The molecule has 3 rings (SSSR count). The fourth-order valence-corrected chi connectivity index (χ4v) is 3.21. The first kappa shape index (κ1) is 11.2. The molecule has 1 N–H and O–H groups in total. The van der Waals surface area contributed by atoms with Gasteiger partial charge in [-0.15, -0.1) is 5.10 Å². The number of pyridine rings is 1. The zero-order valence-corrected chi connectivity index (χ0v) is 10.8. The van der Waals surface area contributed by atoms with E-state index >= 15 is 0 Å². The molecule has 0 atom stereocenters. The number of thioether (sulfide) groups is 1. The lowest BCUT2D eigenvalue weighted by Gasteiger charge is -2.21. The molecule has 6 heteroatoms. The molecule has 3 heterocycles. The highest BCUT2D eigenvalue weighted by Crippen LogP contribution is 2.20. The normalized spacial score (nSPS) is 17.5. The van der Waals surface area contributed by atoms with Gasteiger partial charge in [0.15, 0.2) is 5.65 Å². The van der Waals surface area contributed by atoms with E-state index in [2.05, 4.69) is 15.4 Å². The summed E-state index contributed by atoms with van der Waals surface area (Å²) in [5.41, 5.74) is 0.821. The molecule has 0 aromatic carbocycles. The third kappa shape index (κ3) is 2.50. The van der Waals surface area contributed by atoms with Crippen molar-refractivity contribution >= 4 is 35.0 Å². The van der Waals surface area contributed by atoms with E-state index in [9.17, 15) is 0 Å². The largest absolute Gasteiger partial charge is 0.350 e. The summed E-state index contributed by atoms with van der Waals surface area (Å²) in [6.07, 6.45) is 4.13. The first-order valence-electron chi connectivity index (χ1n) is 5.67. The van der Waals surface area contributed by atoms with E-state index in [-0.39, 0.29) is 0 Å². The Bertz CT molecular complexity index is 521. The second kappa shape index (κ2) is 4.74. The molecule has 1 aliphatic heterocycles. The molecule has 0 radical (unpaired) electrons. The van der Waals surface area contributed by atoms with Crippen LogP contribution >= 0.6 is 23.4 Å². The van der Waals surface area contributed by atoms with Gasteiger partial charge in [0.25, 0.3) is 0 Å². The quantitative estimate of drug-likeness (QED) is 0.909.